The zero-order valence-corrected chi connectivity index (χ0v) is 23.6. The maximum absolute atomic E-state index is 6.53. The smallest absolute Gasteiger partial charge is 0.145 e. The Hall–Kier alpha value is -5.75. The molecule has 0 bridgehead atoms. The van der Waals surface area contributed by atoms with Crippen LogP contribution in [0.1, 0.15) is 11.1 Å². The first-order chi connectivity index (χ1) is 21.2. The number of fused-ring (bicyclic) bond motifs is 12. The summed E-state index contributed by atoms with van der Waals surface area (Å²) < 4.78 is 10.8. The number of benzene rings is 4. The molecular weight excluding hydrogens is 530 g/mol. The van der Waals surface area contributed by atoms with Crippen molar-refractivity contribution in [3.63, 3.8) is 0 Å². The zero-order chi connectivity index (χ0) is 28.7. The van der Waals surface area contributed by atoms with Crippen molar-refractivity contribution in [1.29, 1.82) is 0 Å². The van der Waals surface area contributed by atoms with Crippen molar-refractivity contribution in [1.82, 2.24) is 23.8 Å². The molecule has 5 aromatic heterocycles. The number of rotatable bonds is 3. The molecule has 0 fully saturated rings. The maximum Gasteiger partial charge on any atom is 0.145 e. The van der Waals surface area contributed by atoms with Gasteiger partial charge in [-0.05, 0) is 96.1 Å². The van der Waals surface area contributed by atoms with E-state index in [4.69, 9.17) is 9.72 Å². The number of imidazole rings is 2. The summed E-state index contributed by atoms with van der Waals surface area (Å²) in [6.45, 7) is 4.37. The van der Waals surface area contributed by atoms with Gasteiger partial charge in [0, 0.05) is 52.5 Å². The van der Waals surface area contributed by atoms with Gasteiger partial charge in [-0.2, -0.15) is 0 Å². The van der Waals surface area contributed by atoms with Crippen molar-refractivity contribution in [3.8, 4) is 22.6 Å². The van der Waals surface area contributed by atoms with Crippen molar-refractivity contribution in [3.05, 3.63) is 127 Å². The molecule has 5 heterocycles. The van der Waals surface area contributed by atoms with Gasteiger partial charge < -0.3 is 4.74 Å². The number of aromatic nitrogens is 5. The van der Waals surface area contributed by atoms with Crippen LogP contribution in [0.2, 0.25) is 0 Å². The Kier molecular flexibility index (Phi) is 4.93. The summed E-state index contributed by atoms with van der Waals surface area (Å²) in [5.41, 5.74) is 9.91. The molecule has 0 atom stereocenters. The largest absolute Gasteiger partial charge is 0.457 e. The van der Waals surface area contributed by atoms with Crippen LogP contribution in [-0.4, -0.2) is 23.8 Å². The summed E-state index contributed by atoms with van der Waals surface area (Å²) in [7, 11) is 0. The van der Waals surface area contributed by atoms with Crippen LogP contribution in [0.4, 0.5) is 0 Å². The average Bonchev–Trinajstić information content (AvgIpc) is 3.73. The average molecular weight is 556 g/mol. The van der Waals surface area contributed by atoms with Gasteiger partial charge in [0.2, 0.25) is 0 Å². The summed E-state index contributed by atoms with van der Waals surface area (Å²) in [5, 5.41) is 5.44. The molecule has 0 N–H and O–H groups in total. The molecule has 0 radical (unpaired) electrons. The normalized spacial score (nSPS) is 12.0. The number of aryl methyl sites for hydroxylation is 2. The van der Waals surface area contributed by atoms with E-state index in [9.17, 15) is 0 Å². The highest BCUT2D eigenvalue weighted by Crippen LogP contribution is 2.40. The molecule has 0 saturated heterocycles. The monoisotopic (exact) mass is 555 g/mol. The molecule has 6 nitrogen and oxygen atoms in total. The number of ether oxygens (including phenoxy) is 1. The molecule has 4 aromatic carbocycles. The van der Waals surface area contributed by atoms with Gasteiger partial charge in [0.25, 0.3) is 0 Å². The fourth-order valence-electron chi connectivity index (χ4n) is 6.77. The van der Waals surface area contributed by atoms with Crippen LogP contribution in [0.3, 0.4) is 0 Å². The summed E-state index contributed by atoms with van der Waals surface area (Å²) >= 11 is 0. The minimum Gasteiger partial charge on any atom is -0.457 e. The van der Waals surface area contributed by atoms with Gasteiger partial charge in [-0.15, -0.1) is 0 Å². The number of nitrogens with zero attached hydrogens (tertiary/aromatic N) is 5. The minimum absolute atomic E-state index is 0.739. The molecule has 9 aromatic rings. The third-order valence-corrected chi connectivity index (χ3v) is 8.60. The first kappa shape index (κ1) is 23.9. The van der Waals surface area contributed by atoms with Crippen molar-refractivity contribution in [2.45, 2.75) is 13.8 Å². The third-order valence-electron chi connectivity index (χ3n) is 8.60. The number of hydrogen-bond acceptors (Lipinski definition) is 4. The van der Waals surface area contributed by atoms with E-state index >= 15 is 0 Å². The topological polar surface area (TPSA) is 56.7 Å². The first-order valence-corrected chi connectivity index (χ1v) is 14.4. The van der Waals surface area contributed by atoms with Crippen molar-refractivity contribution in [2.24, 2.45) is 0 Å². The highest BCUT2D eigenvalue weighted by Gasteiger charge is 2.17. The lowest BCUT2D eigenvalue weighted by atomic mass is 9.91. The van der Waals surface area contributed by atoms with Crippen LogP contribution in [0.25, 0.3) is 65.9 Å². The van der Waals surface area contributed by atoms with E-state index in [-0.39, 0.29) is 0 Å². The van der Waals surface area contributed by atoms with Crippen LogP contribution < -0.4 is 4.74 Å². The second-order valence-corrected chi connectivity index (χ2v) is 11.1. The second-order valence-electron chi connectivity index (χ2n) is 11.1. The summed E-state index contributed by atoms with van der Waals surface area (Å²) in [4.78, 5) is 14.1. The van der Waals surface area contributed by atoms with Gasteiger partial charge >= 0.3 is 0 Å². The van der Waals surface area contributed by atoms with Gasteiger partial charge in [0.15, 0.2) is 0 Å². The van der Waals surface area contributed by atoms with Gasteiger partial charge in [0.05, 0.1) is 16.6 Å². The van der Waals surface area contributed by atoms with Crippen LogP contribution in [0.5, 0.6) is 11.5 Å². The van der Waals surface area contributed by atoms with E-state index in [0.29, 0.717) is 0 Å². The molecule has 0 aliphatic rings. The van der Waals surface area contributed by atoms with Gasteiger partial charge in [-0.1, -0.05) is 30.3 Å². The number of pyridine rings is 3. The van der Waals surface area contributed by atoms with Gasteiger partial charge in [-0.25, -0.2) is 9.97 Å². The standard InChI is InChI=1S/C37H25N5O/c1-22-6-3-7-23(2)33(22)28-8-4-9-31-34(28)26-13-11-24(20-29(26)36-39-16-18-41(31)36)43-25-12-14-27-30(21-25)37-40-17-19-42(37)32-10-5-15-38-35(27)32/h3-21H,1-2H3. The Morgan fingerprint density at radius 1 is 0.558 bits per heavy atom. The molecule has 204 valence electrons. The minimum atomic E-state index is 0.739. The second kappa shape index (κ2) is 8.87. The van der Waals surface area contributed by atoms with E-state index < -0.39 is 0 Å². The summed E-state index contributed by atoms with van der Waals surface area (Å²) in [5.74, 6) is 1.49. The van der Waals surface area contributed by atoms with Crippen LogP contribution in [0, 0.1) is 13.8 Å². The molecule has 6 heteroatoms. The van der Waals surface area contributed by atoms with Crippen molar-refractivity contribution in [2.75, 3.05) is 0 Å². The van der Waals surface area contributed by atoms with Crippen LogP contribution in [0.15, 0.2) is 116 Å². The van der Waals surface area contributed by atoms with E-state index in [2.05, 4.69) is 105 Å². The molecule has 0 aliphatic heterocycles. The van der Waals surface area contributed by atoms with E-state index in [1.54, 1.807) is 0 Å². The molecule has 0 spiro atoms. The third kappa shape index (κ3) is 3.44. The predicted molar refractivity (Wildman–Crippen MR) is 173 cm³/mol. The van der Waals surface area contributed by atoms with E-state index in [0.717, 1.165) is 60.9 Å². The predicted octanol–water partition coefficient (Wildman–Crippen LogP) is 9.07. The number of hydrogen-bond donors (Lipinski definition) is 0. The Bertz CT molecular complexity index is 2560. The van der Waals surface area contributed by atoms with Gasteiger partial charge in [0.1, 0.15) is 22.8 Å². The Balaban J connectivity index is 1.24. The molecule has 9 rings (SSSR count). The Labute approximate surface area is 246 Å². The Morgan fingerprint density at radius 3 is 1.93 bits per heavy atom. The van der Waals surface area contributed by atoms with Crippen LogP contribution in [-0.2, 0) is 0 Å². The lowest BCUT2D eigenvalue weighted by Crippen LogP contribution is -1.95. The zero-order valence-electron chi connectivity index (χ0n) is 23.6. The molecule has 0 saturated carbocycles. The fourth-order valence-corrected chi connectivity index (χ4v) is 6.77. The quantitative estimate of drug-likeness (QED) is 0.204. The summed E-state index contributed by atoms with van der Waals surface area (Å²) in [6.07, 6.45) is 9.53. The fraction of sp³-hybridized carbons (Fsp3) is 0.0541. The lowest BCUT2D eigenvalue weighted by Gasteiger charge is -2.17. The van der Waals surface area contributed by atoms with Crippen LogP contribution >= 0.6 is 0 Å². The maximum atomic E-state index is 6.53. The Morgan fingerprint density at radius 2 is 1.19 bits per heavy atom. The first-order valence-electron chi connectivity index (χ1n) is 14.4. The van der Waals surface area contributed by atoms with E-state index in [1.807, 2.05) is 43.1 Å². The molecular formula is C37H25N5O. The van der Waals surface area contributed by atoms with Gasteiger partial charge in [-0.3, -0.25) is 13.8 Å². The molecule has 43 heavy (non-hydrogen) atoms. The molecule has 0 aliphatic carbocycles. The lowest BCUT2D eigenvalue weighted by molar-refractivity contribution is 0.484. The van der Waals surface area contributed by atoms with E-state index in [1.165, 1.54) is 27.6 Å². The molecule has 0 unspecified atom stereocenters. The highest BCUT2D eigenvalue weighted by molar-refractivity contribution is 6.17. The highest BCUT2D eigenvalue weighted by atomic mass is 16.5. The SMILES string of the molecule is Cc1cccc(C)c1-c1cccc2c1c1ccc(Oc3ccc4c(c3)c3nccn3c3cccnc43)cc1c1nccn21. The molecule has 0 amide bonds. The van der Waals surface area contributed by atoms with Crippen molar-refractivity contribution >= 4 is 54.8 Å². The summed E-state index contributed by atoms with van der Waals surface area (Å²) in [6, 6.07) is 29.5. The van der Waals surface area contributed by atoms with Crippen molar-refractivity contribution < 1.29 is 4.74 Å².